The van der Waals surface area contributed by atoms with Gasteiger partial charge in [-0.1, -0.05) is 32.1 Å². The highest BCUT2D eigenvalue weighted by Crippen LogP contribution is 2.28. The summed E-state index contributed by atoms with van der Waals surface area (Å²) in [5.41, 5.74) is 0. The van der Waals surface area contributed by atoms with Crippen molar-refractivity contribution in [1.29, 1.82) is 0 Å². The number of nitrogens with zero attached hydrogens (tertiary/aromatic N) is 2. The maximum absolute atomic E-state index is 12.4. The first kappa shape index (κ1) is 18.2. The van der Waals surface area contributed by atoms with Crippen LogP contribution < -0.4 is 0 Å². The third-order valence-electron chi connectivity index (χ3n) is 6.12. The first-order chi connectivity index (χ1) is 11.5. The summed E-state index contributed by atoms with van der Waals surface area (Å²) in [7, 11) is -2.82. The molecule has 5 nitrogen and oxygen atoms in total. The molecule has 1 aliphatic carbocycles. The van der Waals surface area contributed by atoms with Crippen molar-refractivity contribution in [3.8, 4) is 0 Å². The molecule has 1 saturated carbocycles. The van der Waals surface area contributed by atoms with Gasteiger partial charge in [0.1, 0.15) is 0 Å². The molecule has 1 unspecified atom stereocenters. The van der Waals surface area contributed by atoms with Crippen molar-refractivity contribution in [2.45, 2.75) is 63.8 Å². The van der Waals surface area contributed by atoms with E-state index in [1.165, 1.54) is 38.5 Å². The molecule has 3 fully saturated rings. The van der Waals surface area contributed by atoms with E-state index in [2.05, 4.69) is 4.90 Å². The van der Waals surface area contributed by atoms with Gasteiger partial charge in [-0.3, -0.25) is 9.69 Å². The maximum atomic E-state index is 12.4. The number of piperazine rings is 1. The highest BCUT2D eigenvalue weighted by Gasteiger charge is 2.34. The Morgan fingerprint density at radius 1 is 0.958 bits per heavy atom. The predicted molar refractivity (Wildman–Crippen MR) is 95.6 cm³/mol. The third-order valence-corrected chi connectivity index (χ3v) is 7.87. The van der Waals surface area contributed by atoms with E-state index in [1.807, 2.05) is 4.90 Å². The van der Waals surface area contributed by atoms with Crippen LogP contribution in [0.25, 0.3) is 0 Å². The fourth-order valence-electron chi connectivity index (χ4n) is 4.58. The van der Waals surface area contributed by atoms with Gasteiger partial charge in [0.05, 0.1) is 11.5 Å². The average Bonchev–Trinajstić information content (AvgIpc) is 2.96. The van der Waals surface area contributed by atoms with Crippen molar-refractivity contribution in [2.75, 3.05) is 37.7 Å². The molecule has 3 aliphatic rings. The lowest BCUT2D eigenvalue weighted by Crippen LogP contribution is -2.52. The number of carbonyl (C=O) groups excluding carboxylic acids is 1. The molecule has 2 heterocycles. The molecule has 0 aromatic heterocycles. The Morgan fingerprint density at radius 2 is 1.67 bits per heavy atom. The van der Waals surface area contributed by atoms with Crippen LogP contribution in [-0.4, -0.2) is 67.9 Å². The fourth-order valence-corrected chi connectivity index (χ4v) is 6.34. The summed E-state index contributed by atoms with van der Waals surface area (Å²) in [6, 6.07) is 0.179. The highest BCUT2D eigenvalue weighted by atomic mass is 32.2. The molecule has 138 valence electrons. The minimum atomic E-state index is -2.82. The standard InChI is InChI=1S/C18H32N2O3S/c21-18(8-4-7-16-5-2-1-3-6-16)20-12-10-19(11-13-20)17-9-14-24(22,23)15-17/h16-17H,1-15H2. The van der Waals surface area contributed by atoms with Crippen LogP contribution in [0.4, 0.5) is 0 Å². The van der Waals surface area contributed by atoms with Crippen molar-refractivity contribution in [3.63, 3.8) is 0 Å². The molecule has 0 radical (unpaired) electrons. The summed E-state index contributed by atoms with van der Waals surface area (Å²) in [4.78, 5) is 16.6. The molecule has 0 N–H and O–H groups in total. The average molecular weight is 357 g/mol. The van der Waals surface area contributed by atoms with Gasteiger partial charge in [0, 0.05) is 38.6 Å². The normalized spacial score (nSPS) is 29.0. The largest absolute Gasteiger partial charge is 0.340 e. The molecule has 0 bridgehead atoms. The second-order valence-electron chi connectivity index (χ2n) is 7.87. The highest BCUT2D eigenvalue weighted by molar-refractivity contribution is 7.91. The zero-order chi connectivity index (χ0) is 17.0. The fraction of sp³-hybridized carbons (Fsp3) is 0.944. The number of hydrogen-bond acceptors (Lipinski definition) is 4. The molecule has 3 rings (SSSR count). The Hall–Kier alpha value is -0.620. The van der Waals surface area contributed by atoms with Crippen LogP contribution in [-0.2, 0) is 14.6 Å². The van der Waals surface area contributed by atoms with Crippen molar-refractivity contribution in [2.24, 2.45) is 5.92 Å². The maximum Gasteiger partial charge on any atom is 0.222 e. The number of carbonyl (C=O) groups is 1. The van der Waals surface area contributed by atoms with Gasteiger partial charge in [-0.2, -0.15) is 0 Å². The van der Waals surface area contributed by atoms with E-state index in [0.29, 0.717) is 23.8 Å². The predicted octanol–water partition coefficient (Wildman–Crippen LogP) is 2.07. The minimum absolute atomic E-state index is 0.179. The summed E-state index contributed by atoms with van der Waals surface area (Å²) in [6.07, 6.45) is 10.5. The third kappa shape index (κ3) is 4.94. The molecule has 1 atom stereocenters. The van der Waals surface area contributed by atoms with Crippen molar-refractivity contribution in [3.05, 3.63) is 0 Å². The Balaban J connectivity index is 1.34. The molecule has 0 aromatic rings. The Morgan fingerprint density at radius 3 is 2.29 bits per heavy atom. The minimum Gasteiger partial charge on any atom is -0.340 e. The van der Waals surface area contributed by atoms with Crippen LogP contribution in [0.15, 0.2) is 0 Å². The molecule has 2 saturated heterocycles. The molecule has 0 aromatic carbocycles. The molecule has 1 amide bonds. The second kappa shape index (κ2) is 8.17. The smallest absolute Gasteiger partial charge is 0.222 e. The molecule has 2 aliphatic heterocycles. The second-order valence-corrected chi connectivity index (χ2v) is 10.1. The van der Waals surface area contributed by atoms with E-state index in [1.54, 1.807) is 0 Å². The zero-order valence-electron chi connectivity index (χ0n) is 14.8. The summed E-state index contributed by atoms with van der Waals surface area (Å²) >= 11 is 0. The zero-order valence-corrected chi connectivity index (χ0v) is 15.6. The van der Waals surface area contributed by atoms with E-state index in [4.69, 9.17) is 0 Å². The van der Waals surface area contributed by atoms with Gasteiger partial charge in [-0.15, -0.1) is 0 Å². The Bertz CT molecular complexity index is 520. The summed E-state index contributed by atoms with van der Waals surface area (Å²) in [6.45, 7) is 3.18. The van der Waals surface area contributed by atoms with Crippen LogP contribution >= 0.6 is 0 Å². The lowest BCUT2D eigenvalue weighted by atomic mass is 9.86. The van der Waals surface area contributed by atoms with E-state index in [-0.39, 0.29) is 6.04 Å². The van der Waals surface area contributed by atoms with Gasteiger partial charge in [-0.25, -0.2) is 8.42 Å². The first-order valence-corrected chi connectivity index (χ1v) is 11.6. The molecule has 6 heteroatoms. The van der Waals surface area contributed by atoms with E-state index < -0.39 is 9.84 Å². The number of sulfone groups is 1. The van der Waals surface area contributed by atoms with E-state index >= 15 is 0 Å². The first-order valence-electron chi connectivity index (χ1n) is 9.76. The van der Waals surface area contributed by atoms with Crippen molar-refractivity contribution >= 4 is 15.7 Å². The Labute approximate surface area is 146 Å². The molecule has 24 heavy (non-hydrogen) atoms. The van der Waals surface area contributed by atoms with Crippen molar-refractivity contribution in [1.82, 2.24) is 9.80 Å². The lowest BCUT2D eigenvalue weighted by Gasteiger charge is -2.37. The monoisotopic (exact) mass is 356 g/mol. The van der Waals surface area contributed by atoms with Crippen LogP contribution in [0.1, 0.15) is 57.8 Å². The van der Waals surface area contributed by atoms with E-state index in [9.17, 15) is 13.2 Å². The van der Waals surface area contributed by atoms with Gasteiger partial charge in [-0.05, 0) is 25.2 Å². The molecule has 0 spiro atoms. The Kier molecular flexibility index (Phi) is 6.19. The van der Waals surface area contributed by atoms with Crippen LogP contribution in [0.2, 0.25) is 0 Å². The molecular weight excluding hydrogens is 324 g/mol. The SMILES string of the molecule is O=C(CCCC1CCCCC1)N1CCN(C2CCS(=O)(=O)C2)CC1. The van der Waals surface area contributed by atoms with Crippen LogP contribution in [0, 0.1) is 5.92 Å². The molecular formula is C18H32N2O3S. The summed E-state index contributed by atoms with van der Waals surface area (Å²) < 4.78 is 23.2. The lowest BCUT2D eigenvalue weighted by molar-refractivity contribution is -0.133. The van der Waals surface area contributed by atoms with Crippen LogP contribution in [0.5, 0.6) is 0 Å². The van der Waals surface area contributed by atoms with Gasteiger partial charge in [0.25, 0.3) is 0 Å². The van der Waals surface area contributed by atoms with Gasteiger partial charge in [0.15, 0.2) is 9.84 Å². The van der Waals surface area contributed by atoms with Crippen molar-refractivity contribution < 1.29 is 13.2 Å². The van der Waals surface area contributed by atoms with Gasteiger partial charge < -0.3 is 4.90 Å². The van der Waals surface area contributed by atoms with Gasteiger partial charge >= 0.3 is 0 Å². The van der Waals surface area contributed by atoms with E-state index in [0.717, 1.165) is 44.9 Å². The number of rotatable bonds is 5. The van der Waals surface area contributed by atoms with Gasteiger partial charge in [0.2, 0.25) is 5.91 Å². The topological polar surface area (TPSA) is 57.7 Å². The quantitative estimate of drug-likeness (QED) is 0.757. The number of amides is 1. The summed E-state index contributed by atoms with van der Waals surface area (Å²) in [5, 5.41) is 0. The van der Waals surface area contributed by atoms with Crippen LogP contribution in [0.3, 0.4) is 0 Å². The number of hydrogen-bond donors (Lipinski definition) is 0. The summed E-state index contributed by atoms with van der Waals surface area (Å²) in [5.74, 6) is 1.79.